The third-order valence-corrected chi connectivity index (χ3v) is 4.60. The molecule has 0 heterocycles. The molecule has 1 aromatic rings. The number of hydrogen-bond donors (Lipinski definition) is 2. The number of carbonyl (C=O) groups is 2. The molecule has 2 atom stereocenters. The number of methoxy groups -OCH3 is 1. The van der Waals surface area contributed by atoms with E-state index >= 15 is 0 Å². The number of anilines is 1. The zero-order valence-electron chi connectivity index (χ0n) is 12.8. The summed E-state index contributed by atoms with van der Waals surface area (Å²) < 4.78 is 5.93. The van der Waals surface area contributed by atoms with Crippen LogP contribution in [0.3, 0.4) is 0 Å². The molecule has 22 heavy (non-hydrogen) atoms. The maximum absolute atomic E-state index is 12.1. The predicted octanol–water partition coefficient (Wildman–Crippen LogP) is 2.48. The van der Waals surface area contributed by atoms with Gasteiger partial charge >= 0.3 is 0 Å². The van der Waals surface area contributed by atoms with Crippen molar-refractivity contribution in [3.8, 4) is 0 Å². The van der Waals surface area contributed by atoms with Gasteiger partial charge < -0.3 is 15.4 Å². The summed E-state index contributed by atoms with van der Waals surface area (Å²) in [5.41, 5.74) is 1.82. The highest BCUT2D eigenvalue weighted by Gasteiger charge is 2.47. The van der Waals surface area contributed by atoms with Crippen LogP contribution in [-0.2, 0) is 14.3 Å². The number of nitrogens with one attached hydrogen (secondary N) is 2. The molecule has 1 aliphatic carbocycles. The Morgan fingerprint density at radius 3 is 2.73 bits per heavy atom. The standard InChI is InChI=1S/C16H21BrN2O3/c1-10-8-11(4-5-14(10)17)19-16(21)13-9-12(13)15(20)18-6-3-7-22-2/h4-5,8,12-13H,3,6-7,9H2,1-2H3,(H,18,20)(H,19,21). The molecule has 0 radical (unpaired) electrons. The number of halogens is 1. The molecule has 0 aliphatic heterocycles. The zero-order chi connectivity index (χ0) is 16.1. The molecule has 0 aromatic heterocycles. The molecule has 2 N–H and O–H groups in total. The highest BCUT2D eigenvalue weighted by atomic mass is 79.9. The van der Waals surface area contributed by atoms with E-state index in [1.165, 1.54) is 0 Å². The Kier molecular flexibility index (Phi) is 5.97. The van der Waals surface area contributed by atoms with Crippen molar-refractivity contribution >= 4 is 33.4 Å². The van der Waals surface area contributed by atoms with Crippen molar-refractivity contribution in [3.05, 3.63) is 28.2 Å². The van der Waals surface area contributed by atoms with Gasteiger partial charge in [0, 0.05) is 30.4 Å². The predicted molar refractivity (Wildman–Crippen MR) is 88.6 cm³/mol. The van der Waals surface area contributed by atoms with Gasteiger partial charge in [0.1, 0.15) is 0 Å². The Bertz CT molecular complexity index is 562. The first-order valence-electron chi connectivity index (χ1n) is 7.36. The molecule has 1 fully saturated rings. The lowest BCUT2D eigenvalue weighted by Crippen LogP contribution is -2.28. The molecule has 1 aliphatic rings. The van der Waals surface area contributed by atoms with Gasteiger partial charge in [0.15, 0.2) is 0 Å². The average molecular weight is 369 g/mol. The van der Waals surface area contributed by atoms with Crippen molar-refractivity contribution in [2.45, 2.75) is 19.8 Å². The number of rotatable bonds is 7. The van der Waals surface area contributed by atoms with E-state index in [4.69, 9.17) is 4.74 Å². The Balaban J connectivity index is 1.78. The maximum atomic E-state index is 12.1. The fraction of sp³-hybridized carbons (Fsp3) is 0.500. The fourth-order valence-corrected chi connectivity index (χ4v) is 2.54. The molecular weight excluding hydrogens is 348 g/mol. The minimum Gasteiger partial charge on any atom is -0.385 e. The second-order valence-corrected chi connectivity index (χ2v) is 6.39. The first kappa shape index (κ1) is 17.0. The summed E-state index contributed by atoms with van der Waals surface area (Å²) in [4.78, 5) is 24.0. The lowest BCUT2D eigenvalue weighted by Gasteiger charge is -2.07. The molecule has 120 valence electrons. The van der Waals surface area contributed by atoms with Crippen LogP contribution < -0.4 is 10.6 Å². The highest BCUT2D eigenvalue weighted by molar-refractivity contribution is 9.10. The van der Waals surface area contributed by atoms with E-state index in [1.54, 1.807) is 7.11 Å². The molecule has 0 bridgehead atoms. The van der Waals surface area contributed by atoms with Crippen LogP contribution in [0, 0.1) is 18.8 Å². The van der Waals surface area contributed by atoms with E-state index in [0.29, 0.717) is 19.6 Å². The topological polar surface area (TPSA) is 67.4 Å². The van der Waals surface area contributed by atoms with Gasteiger partial charge in [0.05, 0.1) is 11.8 Å². The maximum Gasteiger partial charge on any atom is 0.228 e. The molecule has 2 amide bonds. The first-order chi connectivity index (χ1) is 10.5. The first-order valence-corrected chi connectivity index (χ1v) is 8.16. The number of hydrogen-bond acceptors (Lipinski definition) is 3. The van der Waals surface area contributed by atoms with Crippen LogP contribution in [0.1, 0.15) is 18.4 Å². The van der Waals surface area contributed by atoms with Crippen LogP contribution in [0.25, 0.3) is 0 Å². The van der Waals surface area contributed by atoms with E-state index in [0.717, 1.165) is 22.1 Å². The quantitative estimate of drug-likeness (QED) is 0.726. The number of carbonyl (C=O) groups excluding carboxylic acids is 2. The van der Waals surface area contributed by atoms with Crippen molar-refractivity contribution < 1.29 is 14.3 Å². The SMILES string of the molecule is COCCCNC(=O)C1CC1C(=O)Nc1ccc(Br)c(C)c1. The third-order valence-electron chi connectivity index (χ3n) is 3.71. The van der Waals surface area contributed by atoms with E-state index in [2.05, 4.69) is 26.6 Å². The van der Waals surface area contributed by atoms with Crippen molar-refractivity contribution in [3.63, 3.8) is 0 Å². The smallest absolute Gasteiger partial charge is 0.228 e. The molecule has 6 heteroatoms. The minimum atomic E-state index is -0.216. The largest absolute Gasteiger partial charge is 0.385 e. The van der Waals surface area contributed by atoms with E-state index in [-0.39, 0.29) is 23.7 Å². The van der Waals surface area contributed by atoms with Gasteiger partial charge in [-0.1, -0.05) is 15.9 Å². The number of amides is 2. The molecule has 2 unspecified atom stereocenters. The summed E-state index contributed by atoms with van der Waals surface area (Å²) in [6, 6.07) is 5.65. The van der Waals surface area contributed by atoms with Crippen LogP contribution >= 0.6 is 15.9 Å². The molecular formula is C16H21BrN2O3. The van der Waals surface area contributed by atoms with Crippen molar-refractivity contribution in [1.29, 1.82) is 0 Å². The van der Waals surface area contributed by atoms with Crippen molar-refractivity contribution in [2.75, 3.05) is 25.6 Å². The van der Waals surface area contributed by atoms with Crippen LogP contribution in [0.2, 0.25) is 0 Å². The third kappa shape index (κ3) is 4.55. The van der Waals surface area contributed by atoms with Gasteiger partial charge in [-0.15, -0.1) is 0 Å². The second-order valence-electron chi connectivity index (χ2n) is 5.54. The van der Waals surface area contributed by atoms with Gasteiger partial charge in [-0.3, -0.25) is 9.59 Å². The average Bonchev–Trinajstić information content (AvgIpc) is 3.28. The molecule has 2 rings (SSSR count). The van der Waals surface area contributed by atoms with Gasteiger partial charge in [0.25, 0.3) is 0 Å². The van der Waals surface area contributed by atoms with Crippen LogP contribution in [0.15, 0.2) is 22.7 Å². The van der Waals surface area contributed by atoms with Crippen molar-refractivity contribution in [1.82, 2.24) is 5.32 Å². The summed E-state index contributed by atoms with van der Waals surface area (Å²) in [7, 11) is 1.63. The Morgan fingerprint density at radius 1 is 1.32 bits per heavy atom. The highest BCUT2D eigenvalue weighted by Crippen LogP contribution is 2.39. The van der Waals surface area contributed by atoms with E-state index in [1.807, 2.05) is 25.1 Å². The van der Waals surface area contributed by atoms with Crippen LogP contribution in [0.4, 0.5) is 5.69 Å². The summed E-state index contributed by atoms with van der Waals surface area (Å²) >= 11 is 3.43. The van der Waals surface area contributed by atoms with E-state index < -0.39 is 0 Å². The summed E-state index contributed by atoms with van der Waals surface area (Å²) in [6.45, 7) is 3.17. The summed E-state index contributed by atoms with van der Waals surface area (Å²) in [5.74, 6) is -0.535. The Morgan fingerprint density at radius 2 is 2.05 bits per heavy atom. The van der Waals surface area contributed by atoms with Gasteiger partial charge in [-0.05, 0) is 43.5 Å². The second kappa shape index (κ2) is 7.74. The van der Waals surface area contributed by atoms with Gasteiger partial charge in [0.2, 0.25) is 11.8 Å². The molecule has 0 spiro atoms. The summed E-state index contributed by atoms with van der Waals surface area (Å²) in [5, 5.41) is 5.71. The lowest BCUT2D eigenvalue weighted by atomic mass is 10.2. The van der Waals surface area contributed by atoms with Crippen LogP contribution in [0.5, 0.6) is 0 Å². The Hall–Kier alpha value is -1.40. The number of aryl methyl sites for hydroxylation is 1. The summed E-state index contributed by atoms with van der Waals surface area (Å²) in [6.07, 6.45) is 1.40. The lowest BCUT2D eigenvalue weighted by molar-refractivity contribution is -0.125. The monoisotopic (exact) mass is 368 g/mol. The normalized spacial score (nSPS) is 19.6. The van der Waals surface area contributed by atoms with Gasteiger partial charge in [-0.25, -0.2) is 0 Å². The van der Waals surface area contributed by atoms with Crippen molar-refractivity contribution in [2.24, 2.45) is 11.8 Å². The molecule has 5 nitrogen and oxygen atoms in total. The Labute approximate surface area is 138 Å². The molecule has 1 aromatic carbocycles. The molecule has 1 saturated carbocycles. The zero-order valence-corrected chi connectivity index (χ0v) is 14.4. The number of ether oxygens (including phenoxy) is 1. The van der Waals surface area contributed by atoms with E-state index in [9.17, 15) is 9.59 Å². The number of benzene rings is 1. The minimum absolute atomic E-state index is 0.0387. The molecule has 0 saturated heterocycles. The van der Waals surface area contributed by atoms with Crippen LogP contribution in [-0.4, -0.2) is 32.1 Å². The fourth-order valence-electron chi connectivity index (χ4n) is 2.29. The van der Waals surface area contributed by atoms with Gasteiger partial charge in [-0.2, -0.15) is 0 Å².